The summed E-state index contributed by atoms with van der Waals surface area (Å²) in [5, 5.41) is 33.3. The van der Waals surface area contributed by atoms with Gasteiger partial charge in [-0.25, -0.2) is 0 Å². The molecule has 1 amide bonds. The van der Waals surface area contributed by atoms with E-state index in [1.165, 1.54) is 199 Å². The normalized spacial score (nSPS) is 13.5. The van der Waals surface area contributed by atoms with Crippen LogP contribution in [-0.2, 0) is 4.79 Å². The molecule has 0 aliphatic carbocycles. The number of aliphatic hydroxyl groups excluding tert-OH is 3. The topological polar surface area (TPSA) is 89.8 Å². The van der Waals surface area contributed by atoms with Crippen molar-refractivity contribution in [2.75, 3.05) is 6.61 Å². The molecule has 0 aromatic rings. The van der Waals surface area contributed by atoms with Gasteiger partial charge in [-0.1, -0.05) is 245 Å². The summed E-state index contributed by atoms with van der Waals surface area (Å²) in [7, 11) is 0. The van der Waals surface area contributed by atoms with E-state index in [9.17, 15) is 20.1 Å². The van der Waals surface area contributed by atoms with E-state index in [2.05, 4.69) is 19.2 Å². The molecule has 0 aliphatic heterocycles. The Morgan fingerprint density at radius 2 is 0.640 bits per heavy atom. The molecule has 5 heteroatoms. The Morgan fingerprint density at radius 3 is 0.900 bits per heavy atom. The third kappa shape index (κ3) is 35.7. The van der Waals surface area contributed by atoms with E-state index in [0.29, 0.717) is 12.8 Å². The summed E-state index contributed by atoms with van der Waals surface area (Å²) < 4.78 is 0. The zero-order valence-corrected chi connectivity index (χ0v) is 34.1. The summed E-state index contributed by atoms with van der Waals surface area (Å²) in [6, 6.07) is -0.705. The van der Waals surface area contributed by atoms with Crippen molar-refractivity contribution in [1.29, 1.82) is 0 Å². The molecular weight excluding hydrogens is 618 g/mol. The monoisotopic (exact) mass is 710 g/mol. The first-order valence-corrected chi connectivity index (χ1v) is 22.8. The van der Waals surface area contributed by atoms with Crippen LogP contribution in [0.2, 0.25) is 0 Å². The highest BCUT2D eigenvalue weighted by Crippen LogP contribution is 2.17. The van der Waals surface area contributed by atoms with E-state index in [-0.39, 0.29) is 6.61 Å². The Balaban J connectivity index is 3.56. The van der Waals surface area contributed by atoms with Crippen LogP contribution in [0, 0.1) is 0 Å². The van der Waals surface area contributed by atoms with E-state index < -0.39 is 24.2 Å². The lowest BCUT2D eigenvalue weighted by Gasteiger charge is -2.23. The van der Waals surface area contributed by atoms with Crippen molar-refractivity contribution < 1.29 is 20.1 Å². The number of nitrogens with one attached hydrogen (secondary N) is 1. The van der Waals surface area contributed by atoms with Gasteiger partial charge in [0.25, 0.3) is 0 Å². The van der Waals surface area contributed by atoms with Crippen molar-refractivity contribution in [2.24, 2.45) is 0 Å². The van der Waals surface area contributed by atoms with Crippen LogP contribution in [0.1, 0.15) is 258 Å². The number of unbranched alkanes of at least 4 members (excludes halogenated alkanes) is 34. The number of hydrogen-bond donors (Lipinski definition) is 4. The van der Waals surface area contributed by atoms with Gasteiger partial charge >= 0.3 is 0 Å². The Bertz CT molecular complexity index is 659. The highest BCUT2D eigenvalue weighted by Gasteiger charge is 2.23. The standard InChI is InChI=1S/C45H91NO4/c1-3-5-7-9-11-13-15-17-19-20-21-22-23-24-26-28-30-32-34-36-38-40-44(49)45(50)46-42(41-47)43(48)39-37-35-33-31-29-27-25-18-16-14-12-10-8-6-4-2/h42-44,47-49H,3-41H2,1-2H3,(H,46,50). The minimum absolute atomic E-state index is 0.308. The molecule has 0 saturated carbocycles. The van der Waals surface area contributed by atoms with E-state index in [0.717, 1.165) is 32.1 Å². The number of aliphatic hydroxyl groups is 3. The van der Waals surface area contributed by atoms with Crippen molar-refractivity contribution in [2.45, 2.75) is 276 Å². The first-order valence-electron chi connectivity index (χ1n) is 22.8. The van der Waals surface area contributed by atoms with Crippen molar-refractivity contribution in [3.63, 3.8) is 0 Å². The lowest BCUT2D eigenvalue weighted by molar-refractivity contribution is -0.131. The fraction of sp³-hybridized carbons (Fsp3) is 0.978. The highest BCUT2D eigenvalue weighted by molar-refractivity contribution is 5.80. The summed E-state index contributed by atoms with van der Waals surface area (Å²) in [6.07, 6.45) is 46.8. The Labute approximate surface area is 313 Å². The largest absolute Gasteiger partial charge is 0.394 e. The molecule has 5 nitrogen and oxygen atoms in total. The first-order chi connectivity index (χ1) is 24.6. The molecule has 0 aromatic carbocycles. The molecule has 0 aromatic heterocycles. The molecule has 0 rings (SSSR count). The third-order valence-corrected chi connectivity index (χ3v) is 11.0. The maximum Gasteiger partial charge on any atom is 0.249 e. The van der Waals surface area contributed by atoms with Crippen LogP contribution in [0.25, 0.3) is 0 Å². The smallest absolute Gasteiger partial charge is 0.249 e. The molecule has 4 N–H and O–H groups in total. The minimum Gasteiger partial charge on any atom is -0.394 e. The van der Waals surface area contributed by atoms with Gasteiger partial charge in [-0.3, -0.25) is 4.79 Å². The Hall–Kier alpha value is -0.650. The molecule has 0 aliphatic rings. The first kappa shape index (κ1) is 49.4. The molecule has 0 spiro atoms. The van der Waals surface area contributed by atoms with E-state index in [1.54, 1.807) is 0 Å². The molecule has 3 unspecified atom stereocenters. The lowest BCUT2D eigenvalue weighted by Crippen LogP contribution is -2.49. The minimum atomic E-state index is -1.07. The molecule has 0 bridgehead atoms. The van der Waals surface area contributed by atoms with Gasteiger partial charge in [0.1, 0.15) is 6.10 Å². The van der Waals surface area contributed by atoms with Crippen LogP contribution in [-0.4, -0.2) is 46.1 Å². The predicted octanol–water partition coefficient (Wildman–Crippen LogP) is 13.0. The van der Waals surface area contributed by atoms with Gasteiger partial charge in [-0.15, -0.1) is 0 Å². The van der Waals surface area contributed by atoms with Crippen LogP contribution in [0.5, 0.6) is 0 Å². The zero-order valence-electron chi connectivity index (χ0n) is 34.1. The fourth-order valence-electron chi connectivity index (χ4n) is 7.37. The molecular formula is C45H91NO4. The molecule has 300 valence electrons. The summed E-state index contributed by atoms with van der Waals surface area (Å²) in [5.74, 6) is -0.465. The number of carbonyl (C=O) groups excluding carboxylic acids is 1. The molecule has 0 radical (unpaired) electrons. The molecule has 0 saturated heterocycles. The van der Waals surface area contributed by atoms with Crippen molar-refractivity contribution in [3.8, 4) is 0 Å². The number of hydrogen-bond acceptors (Lipinski definition) is 4. The van der Waals surface area contributed by atoms with Crippen LogP contribution >= 0.6 is 0 Å². The maximum absolute atomic E-state index is 12.5. The Kier molecular flexibility index (Phi) is 40.6. The molecule has 0 heterocycles. The molecule has 0 fully saturated rings. The second-order valence-electron chi connectivity index (χ2n) is 16.0. The third-order valence-electron chi connectivity index (χ3n) is 11.0. The SMILES string of the molecule is CCCCCCCCCCCCCCCCCCCCCCCC(O)C(=O)NC(CO)C(O)CCCCCCCCCCCCCCCCC. The second kappa shape index (κ2) is 41.1. The van der Waals surface area contributed by atoms with Crippen LogP contribution < -0.4 is 5.32 Å². The highest BCUT2D eigenvalue weighted by atomic mass is 16.3. The summed E-state index contributed by atoms with van der Waals surface area (Å²) in [5.41, 5.74) is 0. The van der Waals surface area contributed by atoms with Gasteiger partial charge in [0.15, 0.2) is 0 Å². The molecule has 50 heavy (non-hydrogen) atoms. The zero-order chi connectivity index (χ0) is 36.6. The summed E-state index contributed by atoms with van der Waals surface area (Å²) in [4.78, 5) is 12.5. The summed E-state index contributed by atoms with van der Waals surface area (Å²) >= 11 is 0. The number of amides is 1. The maximum atomic E-state index is 12.5. The van der Waals surface area contributed by atoms with Gasteiger partial charge in [0, 0.05) is 0 Å². The van der Waals surface area contributed by atoms with Gasteiger partial charge in [-0.2, -0.15) is 0 Å². The van der Waals surface area contributed by atoms with Gasteiger partial charge < -0.3 is 20.6 Å². The van der Waals surface area contributed by atoms with Crippen molar-refractivity contribution in [3.05, 3.63) is 0 Å². The van der Waals surface area contributed by atoms with E-state index >= 15 is 0 Å². The second-order valence-corrected chi connectivity index (χ2v) is 16.0. The van der Waals surface area contributed by atoms with Crippen molar-refractivity contribution in [1.82, 2.24) is 5.32 Å². The number of carbonyl (C=O) groups is 1. The van der Waals surface area contributed by atoms with Crippen LogP contribution in [0.4, 0.5) is 0 Å². The van der Waals surface area contributed by atoms with Gasteiger partial charge in [0.05, 0.1) is 18.8 Å². The van der Waals surface area contributed by atoms with Crippen molar-refractivity contribution >= 4 is 5.91 Å². The fourth-order valence-corrected chi connectivity index (χ4v) is 7.37. The Morgan fingerprint density at radius 1 is 0.400 bits per heavy atom. The lowest BCUT2D eigenvalue weighted by atomic mass is 10.0. The van der Waals surface area contributed by atoms with Crippen LogP contribution in [0.3, 0.4) is 0 Å². The summed E-state index contributed by atoms with van der Waals surface area (Å²) in [6.45, 7) is 4.25. The quantitative estimate of drug-likeness (QED) is 0.0475. The van der Waals surface area contributed by atoms with E-state index in [1.807, 2.05) is 0 Å². The predicted molar refractivity (Wildman–Crippen MR) is 218 cm³/mol. The van der Waals surface area contributed by atoms with Crippen LogP contribution in [0.15, 0.2) is 0 Å². The average molecular weight is 710 g/mol. The van der Waals surface area contributed by atoms with E-state index in [4.69, 9.17) is 0 Å². The molecule has 3 atom stereocenters. The van der Waals surface area contributed by atoms with Gasteiger partial charge in [0.2, 0.25) is 5.91 Å². The number of rotatable bonds is 42. The average Bonchev–Trinajstić information content (AvgIpc) is 3.12. The van der Waals surface area contributed by atoms with Gasteiger partial charge in [-0.05, 0) is 12.8 Å².